The Morgan fingerprint density at radius 2 is 1.84 bits per heavy atom. The summed E-state index contributed by atoms with van der Waals surface area (Å²) in [4.78, 5) is 12.3. The molecule has 2 aromatic carbocycles. The number of ether oxygens (including phenoxy) is 3. The summed E-state index contributed by atoms with van der Waals surface area (Å²) in [5, 5.41) is 3.12. The molecular weight excluding hydrogens is 342 g/mol. The van der Waals surface area contributed by atoms with Crippen molar-refractivity contribution in [1.82, 2.24) is 5.32 Å². The molecule has 2 aromatic rings. The fourth-order valence-corrected chi connectivity index (χ4v) is 2.73. The number of hydrogen-bond donors (Lipinski definition) is 1. The number of rotatable bonds is 7. The fraction of sp³-hybridized carbons (Fsp3) is 0.316. The maximum absolute atomic E-state index is 12.3. The van der Waals surface area contributed by atoms with Crippen molar-refractivity contribution < 1.29 is 19.0 Å². The Hall–Kier alpha value is -2.40. The van der Waals surface area contributed by atoms with Crippen molar-refractivity contribution in [3.05, 3.63) is 52.0 Å². The molecule has 0 unspecified atom stereocenters. The van der Waals surface area contributed by atoms with E-state index >= 15 is 0 Å². The van der Waals surface area contributed by atoms with Gasteiger partial charge in [-0.05, 0) is 37.6 Å². The Bertz CT molecular complexity index is 761. The van der Waals surface area contributed by atoms with E-state index in [0.717, 1.165) is 11.3 Å². The van der Waals surface area contributed by atoms with E-state index in [4.69, 9.17) is 25.8 Å². The van der Waals surface area contributed by atoms with Crippen molar-refractivity contribution >= 4 is 17.5 Å². The van der Waals surface area contributed by atoms with Gasteiger partial charge in [-0.3, -0.25) is 4.79 Å². The summed E-state index contributed by atoms with van der Waals surface area (Å²) in [6, 6.07) is 9.11. The van der Waals surface area contributed by atoms with Crippen LogP contribution < -0.4 is 19.5 Å². The highest BCUT2D eigenvalue weighted by atomic mass is 35.5. The number of carbonyl (C=O) groups excluding carboxylic acids is 1. The topological polar surface area (TPSA) is 56.8 Å². The SMILES string of the molecule is COc1cc(C(=O)NCCOc2ccc(C)cc2C)cc(Cl)c1OC. The molecule has 0 saturated carbocycles. The molecule has 2 rings (SSSR count). The number of amides is 1. The summed E-state index contributed by atoms with van der Waals surface area (Å²) in [5.41, 5.74) is 2.65. The first-order valence-corrected chi connectivity index (χ1v) is 8.23. The molecule has 0 radical (unpaired) electrons. The lowest BCUT2D eigenvalue weighted by Crippen LogP contribution is -2.28. The zero-order chi connectivity index (χ0) is 18.4. The van der Waals surface area contributed by atoms with Gasteiger partial charge >= 0.3 is 0 Å². The van der Waals surface area contributed by atoms with Crippen LogP contribution in [0.4, 0.5) is 0 Å². The van der Waals surface area contributed by atoms with E-state index in [1.165, 1.54) is 19.8 Å². The van der Waals surface area contributed by atoms with Gasteiger partial charge in [0.2, 0.25) is 0 Å². The van der Waals surface area contributed by atoms with E-state index in [2.05, 4.69) is 11.4 Å². The molecule has 0 atom stereocenters. The van der Waals surface area contributed by atoms with E-state index in [1.807, 2.05) is 26.0 Å². The summed E-state index contributed by atoms with van der Waals surface area (Å²) in [6.07, 6.45) is 0. The second kappa shape index (κ2) is 8.62. The second-order valence-corrected chi connectivity index (χ2v) is 5.97. The number of aryl methyl sites for hydroxylation is 2. The van der Waals surface area contributed by atoms with Crippen LogP contribution in [-0.2, 0) is 0 Å². The number of hydrogen-bond acceptors (Lipinski definition) is 4. The Kier molecular flexibility index (Phi) is 6.53. The third kappa shape index (κ3) is 4.79. The highest BCUT2D eigenvalue weighted by Gasteiger charge is 2.15. The van der Waals surface area contributed by atoms with Crippen molar-refractivity contribution in [1.29, 1.82) is 0 Å². The second-order valence-electron chi connectivity index (χ2n) is 5.57. The third-order valence-electron chi connectivity index (χ3n) is 3.67. The van der Waals surface area contributed by atoms with Gasteiger partial charge < -0.3 is 19.5 Å². The van der Waals surface area contributed by atoms with E-state index < -0.39 is 0 Å². The molecular formula is C19H22ClNO4. The van der Waals surface area contributed by atoms with Crippen molar-refractivity contribution in [2.45, 2.75) is 13.8 Å². The molecule has 0 aromatic heterocycles. The molecule has 6 heteroatoms. The fourth-order valence-electron chi connectivity index (χ4n) is 2.44. The van der Waals surface area contributed by atoms with Crippen LogP contribution in [0.2, 0.25) is 5.02 Å². The van der Waals surface area contributed by atoms with Gasteiger partial charge in [-0.2, -0.15) is 0 Å². The number of carbonyl (C=O) groups is 1. The van der Waals surface area contributed by atoms with Crippen LogP contribution in [0.3, 0.4) is 0 Å². The lowest BCUT2D eigenvalue weighted by Gasteiger charge is -2.13. The molecule has 5 nitrogen and oxygen atoms in total. The van der Waals surface area contributed by atoms with Crippen molar-refractivity contribution in [2.24, 2.45) is 0 Å². The highest BCUT2D eigenvalue weighted by Crippen LogP contribution is 2.35. The summed E-state index contributed by atoms with van der Waals surface area (Å²) in [7, 11) is 2.99. The summed E-state index contributed by atoms with van der Waals surface area (Å²) < 4.78 is 16.1. The zero-order valence-corrected chi connectivity index (χ0v) is 15.6. The van der Waals surface area contributed by atoms with Gasteiger partial charge in [-0.25, -0.2) is 0 Å². The minimum Gasteiger partial charge on any atom is -0.493 e. The number of halogens is 1. The normalized spacial score (nSPS) is 10.3. The number of nitrogens with one attached hydrogen (secondary N) is 1. The summed E-state index contributed by atoms with van der Waals surface area (Å²) in [5.74, 6) is 1.37. The third-order valence-corrected chi connectivity index (χ3v) is 3.95. The van der Waals surface area contributed by atoms with Gasteiger partial charge in [0.25, 0.3) is 5.91 Å². The summed E-state index contributed by atoms with van der Waals surface area (Å²) >= 11 is 6.12. The largest absolute Gasteiger partial charge is 0.493 e. The van der Waals surface area contributed by atoms with Crippen molar-refractivity contribution in [2.75, 3.05) is 27.4 Å². The molecule has 0 bridgehead atoms. The molecule has 1 amide bonds. The first kappa shape index (κ1) is 18.9. The van der Waals surface area contributed by atoms with E-state index in [0.29, 0.717) is 35.2 Å². The van der Waals surface area contributed by atoms with Gasteiger partial charge in [0.05, 0.1) is 25.8 Å². The monoisotopic (exact) mass is 363 g/mol. The zero-order valence-electron chi connectivity index (χ0n) is 14.8. The van der Waals surface area contributed by atoms with Crippen LogP contribution in [-0.4, -0.2) is 33.3 Å². The lowest BCUT2D eigenvalue weighted by atomic mass is 10.1. The van der Waals surface area contributed by atoms with Crippen LogP contribution in [0.1, 0.15) is 21.5 Å². The maximum Gasteiger partial charge on any atom is 0.251 e. The predicted molar refractivity (Wildman–Crippen MR) is 98.3 cm³/mol. The van der Waals surface area contributed by atoms with E-state index in [-0.39, 0.29) is 5.91 Å². The van der Waals surface area contributed by atoms with Crippen molar-refractivity contribution in [3.63, 3.8) is 0 Å². The minimum absolute atomic E-state index is 0.257. The Labute approximate surface area is 152 Å². The van der Waals surface area contributed by atoms with Crippen LogP contribution >= 0.6 is 11.6 Å². The predicted octanol–water partition coefficient (Wildman–Crippen LogP) is 3.78. The number of benzene rings is 2. The Balaban J connectivity index is 1.93. The van der Waals surface area contributed by atoms with Crippen LogP contribution in [0.15, 0.2) is 30.3 Å². The van der Waals surface area contributed by atoms with Gasteiger partial charge in [0.1, 0.15) is 12.4 Å². The molecule has 1 N–H and O–H groups in total. The maximum atomic E-state index is 12.3. The first-order valence-electron chi connectivity index (χ1n) is 7.86. The van der Waals surface area contributed by atoms with Gasteiger partial charge in [-0.15, -0.1) is 0 Å². The smallest absolute Gasteiger partial charge is 0.251 e. The van der Waals surface area contributed by atoms with Gasteiger partial charge in [-0.1, -0.05) is 29.3 Å². The summed E-state index contributed by atoms with van der Waals surface area (Å²) in [6.45, 7) is 4.77. The van der Waals surface area contributed by atoms with Crippen molar-refractivity contribution in [3.8, 4) is 17.2 Å². The van der Waals surface area contributed by atoms with Crippen LogP contribution in [0, 0.1) is 13.8 Å². The lowest BCUT2D eigenvalue weighted by molar-refractivity contribution is 0.0946. The molecule has 0 aliphatic rings. The molecule has 25 heavy (non-hydrogen) atoms. The van der Waals surface area contributed by atoms with E-state index in [9.17, 15) is 4.79 Å². The molecule has 0 aliphatic heterocycles. The Morgan fingerprint density at radius 1 is 1.08 bits per heavy atom. The molecule has 0 saturated heterocycles. The number of methoxy groups -OCH3 is 2. The highest BCUT2D eigenvalue weighted by molar-refractivity contribution is 6.32. The molecule has 0 aliphatic carbocycles. The molecule has 0 heterocycles. The van der Waals surface area contributed by atoms with Gasteiger partial charge in [0, 0.05) is 5.56 Å². The average molecular weight is 364 g/mol. The van der Waals surface area contributed by atoms with E-state index in [1.54, 1.807) is 12.1 Å². The van der Waals surface area contributed by atoms with Crippen LogP contribution in [0.5, 0.6) is 17.2 Å². The Morgan fingerprint density at radius 3 is 2.48 bits per heavy atom. The first-order chi connectivity index (χ1) is 12.0. The minimum atomic E-state index is -0.257. The quantitative estimate of drug-likeness (QED) is 0.760. The molecule has 0 spiro atoms. The van der Waals surface area contributed by atoms with Gasteiger partial charge in [0.15, 0.2) is 11.5 Å². The molecule has 0 fully saturated rings. The molecule has 134 valence electrons. The average Bonchev–Trinajstić information content (AvgIpc) is 2.59. The van der Waals surface area contributed by atoms with Crippen LogP contribution in [0.25, 0.3) is 0 Å². The standard InChI is InChI=1S/C19H22ClNO4/c1-12-5-6-16(13(2)9-12)25-8-7-21-19(22)14-10-15(20)18(24-4)17(11-14)23-3/h5-6,9-11H,7-8H2,1-4H3,(H,21,22).